The molecular weight excluding hydrogens is 290 g/mol. The first-order valence-corrected chi connectivity index (χ1v) is 8.49. The highest BCUT2D eigenvalue weighted by Gasteiger charge is 2.48. The molecule has 4 rings (SSSR count). The van der Waals surface area contributed by atoms with E-state index in [2.05, 4.69) is 5.32 Å². The Morgan fingerprint density at radius 1 is 1.13 bits per heavy atom. The summed E-state index contributed by atoms with van der Waals surface area (Å²) in [4.78, 5) is 26.4. The van der Waals surface area contributed by atoms with Gasteiger partial charge in [-0.3, -0.25) is 4.79 Å². The van der Waals surface area contributed by atoms with Crippen molar-refractivity contribution in [3.63, 3.8) is 0 Å². The van der Waals surface area contributed by atoms with E-state index < -0.39 is 5.41 Å². The van der Waals surface area contributed by atoms with Gasteiger partial charge in [0.2, 0.25) is 5.91 Å². The minimum atomic E-state index is -0.754. The highest BCUT2D eigenvalue weighted by molar-refractivity contribution is 5.89. The summed E-state index contributed by atoms with van der Waals surface area (Å²) in [7, 11) is 0. The molecule has 0 radical (unpaired) electrons. The number of fused-ring (bicyclic) bond motifs is 1. The van der Waals surface area contributed by atoms with Gasteiger partial charge in [0.05, 0.1) is 5.41 Å². The molecular formula is C18H23N3O2. The van der Waals surface area contributed by atoms with Gasteiger partial charge in [0, 0.05) is 19.1 Å². The van der Waals surface area contributed by atoms with Crippen LogP contribution in [0.4, 0.5) is 4.79 Å². The maximum Gasteiger partial charge on any atom is 0.317 e. The van der Waals surface area contributed by atoms with E-state index in [-0.39, 0.29) is 11.9 Å². The van der Waals surface area contributed by atoms with Crippen LogP contribution in [0.25, 0.3) is 0 Å². The molecule has 2 aliphatic carbocycles. The van der Waals surface area contributed by atoms with Gasteiger partial charge in [0.15, 0.2) is 0 Å². The van der Waals surface area contributed by atoms with Crippen molar-refractivity contribution < 1.29 is 9.59 Å². The Balaban J connectivity index is 1.46. The van der Waals surface area contributed by atoms with Crippen molar-refractivity contribution in [3.8, 4) is 0 Å². The fraction of sp³-hybridized carbons (Fsp3) is 0.556. The summed E-state index contributed by atoms with van der Waals surface area (Å²) in [6.45, 7) is 0.945. The number of primary amides is 1. The molecule has 3 unspecified atom stereocenters. The van der Waals surface area contributed by atoms with E-state index in [1.807, 2.05) is 30.3 Å². The maximum absolute atomic E-state index is 12.5. The van der Waals surface area contributed by atoms with E-state index in [1.54, 1.807) is 4.90 Å². The minimum absolute atomic E-state index is 0.0460. The lowest BCUT2D eigenvalue weighted by atomic mass is 9.79. The first kappa shape index (κ1) is 14.5. The lowest BCUT2D eigenvalue weighted by Gasteiger charge is -2.27. The summed E-state index contributed by atoms with van der Waals surface area (Å²) in [5.41, 5.74) is 5.87. The third-order valence-electron chi connectivity index (χ3n) is 5.93. The number of benzene rings is 1. The van der Waals surface area contributed by atoms with Crippen LogP contribution < -0.4 is 11.1 Å². The van der Waals surface area contributed by atoms with Gasteiger partial charge < -0.3 is 16.0 Å². The quantitative estimate of drug-likeness (QED) is 0.890. The largest absolute Gasteiger partial charge is 0.369 e. The van der Waals surface area contributed by atoms with Crippen molar-refractivity contribution >= 4 is 11.9 Å². The highest BCUT2D eigenvalue weighted by atomic mass is 16.2. The molecule has 23 heavy (non-hydrogen) atoms. The normalized spacial score (nSPS) is 35.0. The van der Waals surface area contributed by atoms with E-state index in [9.17, 15) is 9.59 Å². The fourth-order valence-corrected chi connectivity index (χ4v) is 4.42. The molecule has 1 saturated heterocycles. The van der Waals surface area contributed by atoms with E-state index in [0.717, 1.165) is 30.2 Å². The SMILES string of the molecule is NC(=O)C1(c2ccccc2)CCN(C(=O)NC2CC3CC3C2)C1. The summed E-state index contributed by atoms with van der Waals surface area (Å²) in [5, 5.41) is 3.14. The van der Waals surface area contributed by atoms with Crippen LogP contribution in [0, 0.1) is 11.8 Å². The molecule has 122 valence electrons. The second kappa shape index (κ2) is 5.25. The van der Waals surface area contributed by atoms with Crippen LogP contribution in [-0.4, -0.2) is 36.0 Å². The molecule has 3 fully saturated rings. The second-order valence-electron chi connectivity index (χ2n) is 7.36. The predicted molar refractivity (Wildman–Crippen MR) is 86.7 cm³/mol. The first-order valence-electron chi connectivity index (χ1n) is 8.49. The monoisotopic (exact) mass is 313 g/mol. The Hall–Kier alpha value is -2.04. The summed E-state index contributed by atoms with van der Waals surface area (Å²) >= 11 is 0. The number of likely N-dealkylation sites (tertiary alicyclic amines) is 1. The van der Waals surface area contributed by atoms with Gasteiger partial charge in [0.25, 0.3) is 0 Å². The van der Waals surface area contributed by atoms with Gasteiger partial charge in [-0.25, -0.2) is 4.79 Å². The molecule has 1 aromatic carbocycles. The molecule has 0 bridgehead atoms. The topological polar surface area (TPSA) is 75.4 Å². The second-order valence-corrected chi connectivity index (χ2v) is 7.36. The van der Waals surface area contributed by atoms with E-state index in [0.29, 0.717) is 25.6 Å². The lowest BCUT2D eigenvalue weighted by molar-refractivity contribution is -0.123. The zero-order valence-corrected chi connectivity index (χ0v) is 13.2. The molecule has 1 aromatic rings. The number of carbonyl (C=O) groups excluding carboxylic acids is 2. The number of rotatable bonds is 3. The Morgan fingerprint density at radius 2 is 1.83 bits per heavy atom. The van der Waals surface area contributed by atoms with Gasteiger partial charge in [-0.15, -0.1) is 0 Å². The van der Waals surface area contributed by atoms with Crippen molar-refractivity contribution in [3.05, 3.63) is 35.9 Å². The number of nitrogens with two attached hydrogens (primary N) is 1. The van der Waals surface area contributed by atoms with Gasteiger partial charge in [-0.05, 0) is 43.1 Å². The molecule has 1 aliphatic heterocycles. The van der Waals surface area contributed by atoms with Crippen molar-refractivity contribution in [1.29, 1.82) is 0 Å². The Labute approximate surface area is 136 Å². The smallest absolute Gasteiger partial charge is 0.317 e. The molecule has 3 aliphatic rings. The Kier molecular flexibility index (Phi) is 3.32. The van der Waals surface area contributed by atoms with Crippen molar-refractivity contribution in [2.45, 2.75) is 37.1 Å². The zero-order valence-electron chi connectivity index (χ0n) is 13.2. The minimum Gasteiger partial charge on any atom is -0.369 e. The molecule has 3 amide bonds. The standard InChI is InChI=1S/C18H23N3O2/c19-16(22)18(14-4-2-1-3-5-14)6-7-21(11-18)17(23)20-15-9-12-8-13(12)10-15/h1-5,12-13,15H,6-11H2,(H2,19,22)(H,20,23). The zero-order chi connectivity index (χ0) is 16.0. The Morgan fingerprint density at radius 3 is 2.48 bits per heavy atom. The van der Waals surface area contributed by atoms with Crippen LogP contribution in [0.5, 0.6) is 0 Å². The molecule has 3 atom stereocenters. The molecule has 2 saturated carbocycles. The summed E-state index contributed by atoms with van der Waals surface area (Å²) < 4.78 is 0. The van der Waals surface area contributed by atoms with Crippen LogP contribution >= 0.6 is 0 Å². The van der Waals surface area contributed by atoms with Crippen LogP contribution in [0.2, 0.25) is 0 Å². The molecule has 0 spiro atoms. The third kappa shape index (κ3) is 2.48. The van der Waals surface area contributed by atoms with Crippen LogP contribution in [0.3, 0.4) is 0 Å². The van der Waals surface area contributed by atoms with Crippen molar-refractivity contribution in [2.75, 3.05) is 13.1 Å². The average molecular weight is 313 g/mol. The van der Waals surface area contributed by atoms with Crippen LogP contribution in [-0.2, 0) is 10.2 Å². The number of amides is 3. The average Bonchev–Trinajstić information content (AvgIpc) is 2.99. The van der Waals surface area contributed by atoms with Crippen molar-refractivity contribution in [1.82, 2.24) is 10.2 Å². The van der Waals surface area contributed by atoms with Crippen LogP contribution in [0.1, 0.15) is 31.2 Å². The number of carbonyl (C=O) groups is 2. The first-order chi connectivity index (χ1) is 11.1. The van der Waals surface area contributed by atoms with E-state index in [4.69, 9.17) is 5.73 Å². The maximum atomic E-state index is 12.5. The summed E-state index contributed by atoms with van der Waals surface area (Å²) in [6, 6.07) is 9.86. The van der Waals surface area contributed by atoms with E-state index in [1.165, 1.54) is 6.42 Å². The summed E-state index contributed by atoms with van der Waals surface area (Å²) in [5.74, 6) is 1.34. The molecule has 0 aromatic heterocycles. The molecule has 1 heterocycles. The van der Waals surface area contributed by atoms with Crippen LogP contribution in [0.15, 0.2) is 30.3 Å². The fourth-order valence-electron chi connectivity index (χ4n) is 4.42. The number of nitrogens with zero attached hydrogens (tertiary/aromatic N) is 1. The molecule has 5 nitrogen and oxygen atoms in total. The molecule has 5 heteroatoms. The number of nitrogens with one attached hydrogen (secondary N) is 1. The third-order valence-corrected chi connectivity index (χ3v) is 5.93. The predicted octanol–water partition coefficient (Wildman–Crippen LogP) is 1.62. The number of urea groups is 1. The van der Waals surface area contributed by atoms with Crippen molar-refractivity contribution in [2.24, 2.45) is 17.6 Å². The highest BCUT2D eigenvalue weighted by Crippen LogP contribution is 2.51. The number of hydrogen-bond donors (Lipinski definition) is 2. The lowest BCUT2D eigenvalue weighted by Crippen LogP contribution is -2.48. The molecule has 3 N–H and O–H groups in total. The van der Waals surface area contributed by atoms with Gasteiger partial charge in [-0.2, -0.15) is 0 Å². The van der Waals surface area contributed by atoms with Gasteiger partial charge in [-0.1, -0.05) is 30.3 Å². The Bertz CT molecular complexity index is 622. The van der Waals surface area contributed by atoms with Gasteiger partial charge in [0.1, 0.15) is 0 Å². The summed E-state index contributed by atoms with van der Waals surface area (Å²) in [6.07, 6.45) is 4.17. The number of hydrogen-bond acceptors (Lipinski definition) is 2. The van der Waals surface area contributed by atoms with E-state index >= 15 is 0 Å². The van der Waals surface area contributed by atoms with Gasteiger partial charge >= 0.3 is 6.03 Å².